The number of rotatable bonds is 5. The van der Waals surface area contributed by atoms with E-state index in [0.717, 1.165) is 5.69 Å². The summed E-state index contributed by atoms with van der Waals surface area (Å²) < 4.78 is 2.74. The van der Waals surface area contributed by atoms with Crippen LogP contribution in [0.2, 0.25) is 13.1 Å². The molecule has 0 saturated heterocycles. The summed E-state index contributed by atoms with van der Waals surface area (Å²) in [5.41, 5.74) is 11.2. The molecule has 0 N–H and O–H groups in total. The van der Waals surface area contributed by atoms with Gasteiger partial charge in [-0.3, -0.25) is 0 Å². The van der Waals surface area contributed by atoms with E-state index in [9.17, 15) is 0 Å². The topological polar surface area (TPSA) is 3.24 Å². The van der Waals surface area contributed by atoms with E-state index >= 15 is 0 Å². The van der Waals surface area contributed by atoms with Crippen LogP contribution in [-0.4, -0.2) is 8.07 Å². The normalized spacial score (nSPS) is 13.1. The Morgan fingerprint density at radius 3 is 2.08 bits per heavy atom. The van der Waals surface area contributed by atoms with Crippen molar-refractivity contribution in [2.24, 2.45) is 0 Å². The number of fused-ring (bicyclic) bond motifs is 8. The van der Waals surface area contributed by atoms with Crippen molar-refractivity contribution in [2.75, 3.05) is 4.90 Å². The van der Waals surface area contributed by atoms with Gasteiger partial charge in [-0.2, -0.15) is 0 Å². The lowest BCUT2D eigenvalue weighted by atomic mass is 9.98. The van der Waals surface area contributed by atoms with Gasteiger partial charge in [-0.05, 0) is 97.5 Å². The van der Waals surface area contributed by atoms with Crippen LogP contribution in [0, 0.1) is 0 Å². The van der Waals surface area contributed by atoms with Crippen molar-refractivity contribution in [3.63, 3.8) is 0 Å². The molecule has 0 unspecified atom stereocenters. The zero-order valence-electron chi connectivity index (χ0n) is 28.6. The molecule has 242 valence electrons. The lowest BCUT2D eigenvalue weighted by Crippen LogP contribution is -2.49. The minimum Gasteiger partial charge on any atom is -0.310 e. The van der Waals surface area contributed by atoms with Crippen molar-refractivity contribution in [3.05, 3.63) is 176 Å². The fourth-order valence-corrected chi connectivity index (χ4v) is 12.5. The van der Waals surface area contributed by atoms with Gasteiger partial charge in [0.25, 0.3) is 0 Å². The van der Waals surface area contributed by atoms with Gasteiger partial charge in [-0.15, -0.1) is 11.3 Å². The molecular weight excluding hydrogens is 651 g/mol. The highest BCUT2D eigenvalue weighted by atomic mass is 32.1. The predicted octanol–water partition coefficient (Wildman–Crippen LogP) is 12.8. The fourth-order valence-electron chi connectivity index (χ4n) is 8.32. The standard InChI is InChI=1S/C48H35NSSi/c1-51(2)45-28-27-44-47(40-20-9-11-22-43(40)50-44)48(45)41-26-25-38(31-46(41)51)49(42-21-10-8-19-39(42)33-14-4-3-5-15-33)37-18-12-17-35(30-37)36-24-23-32-13-6-7-16-34(32)29-36/h3-31H,1-2H3. The van der Waals surface area contributed by atoms with E-state index in [-0.39, 0.29) is 0 Å². The smallest absolute Gasteiger partial charge is 0.113 e. The first-order valence-electron chi connectivity index (χ1n) is 17.7. The zero-order valence-corrected chi connectivity index (χ0v) is 30.4. The molecule has 0 atom stereocenters. The molecule has 0 saturated carbocycles. The summed E-state index contributed by atoms with van der Waals surface area (Å²) in [7, 11) is -2.03. The maximum absolute atomic E-state index is 2.53. The molecule has 1 aliphatic rings. The lowest BCUT2D eigenvalue weighted by Gasteiger charge is -2.30. The minimum atomic E-state index is -2.03. The first-order chi connectivity index (χ1) is 25.0. The van der Waals surface area contributed by atoms with Crippen LogP contribution in [0.15, 0.2) is 176 Å². The van der Waals surface area contributed by atoms with Crippen molar-refractivity contribution in [2.45, 2.75) is 13.1 Å². The Morgan fingerprint density at radius 1 is 0.451 bits per heavy atom. The number of hydrogen-bond donors (Lipinski definition) is 0. The number of nitrogens with zero attached hydrogens (tertiary/aromatic N) is 1. The Hall–Kier alpha value is -5.74. The molecule has 1 aromatic heterocycles. The summed E-state index contributed by atoms with van der Waals surface area (Å²) in [5, 5.41) is 8.36. The molecule has 8 aromatic carbocycles. The highest BCUT2D eigenvalue weighted by Gasteiger charge is 2.39. The van der Waals surface area contributed by atoms with E-state index in [4.69, 9.17) is 0 Å². The first kappa shape index (κ1) is 30.1. The number of anilines is 3. The van der Waals surface area contributed by atoms with Gasteiger partial charge in [0.05, 0.1) is 5.69 Å². The van der Waals surface area contributed by atoms with E-state index in [1.165, 1.54) is 80.9 Å². The zero-order chi connectivity index (χ0) is 34.1. The van der Waals surface area contributed by atoms with Gasteiger partial charge < -0.3 is 4.90 Å². The predicted molar refractivity (Wildman–Crippen MR) is 225 cm³/mol. The van der Waals surface area contributed by atoms with Crippen molar-refractivity contribution in [1.29, 1.82) is 0 Å². The second kappa shape index (κ2) is 11.7. The third-order valence-electron chi connectivity index (χ3n) is 10.8. The Bertz CT molecular complexity index is 2790. The van der Waals surface area contributed by atoms with Gasteiger partial charge in [0.15, 0.2) is 0 Å². The van der Waals surface area contributed by atoms with Crippen LogP contribution in [0.1, 0.15) is 0 Å². The van der Waals surface area contributed by atoms with Gasteiger partial charge in [0.2, 0.25) is 0 Å². The molecule has 2 heterocycles. The molecule has 0 radical (unpaired) electrons. The van der Waals surface area contributed by atoms with E-state index in [1.807, 2.05) is 11.3 Å². The third-order valence-corrected chi connectivity index (χ3v) is 15.5. The first-order valence-corrected chi connectivity index (χ1v) is 21.5. The number of hydrogen-bond acceptors (Lipinski definition) is 2. The second-order valence-electron chi connectivity index (χ2n) is 14.1. The Morgan fingerprint density at radius 2 is 1.18 bits per heavy atom. The molecule has 0 spiro atoms. The molecule has 9 aromatic rings. The summed E-state index contributed by atoms with van der Waals surface area (Å²) in [6.07, 6.45) is 0. The average molecular weight is 686 g/mol. The summed E-state index contributed by atoms with van der Waals surface area (Å²) in [5.74, 6) is 0. The van der Waals surface area contributed by atoms with Crippen LogP contribution in [0.25, 0.3) is 64.3 Å². The van der Waals surface area contributed by atoms with Crippen LogP contribution in [0.5, 0.6) is 0 Å². The molecule has 0 amide bonds. The Balaban J connectivity index is 1.19. The molecule has 51 heavy (non-hydrogen) atoms. The highest BCUT2D eigenvalue weighted by molar-refractivity contribution is 7.26. The Labute approximate surface area is 303 Å². The summed E-state index contributed by atoms with van der Waals surface area (Å²) in [4.78, 5) is 2.48. The molecule has 1 nitrogen and oxygen atoms in total. The van der Waals surface area contributed by atoms with E-state index in [2.05, 4.69) is 194 Å². The van der Waals surface area contributed by atoms with E-state index < -0.39 is 8.07 Å². The summed E-state index contributed by atoms with van der Waals surface area (Å²) >= 11 is 1.91. The van der Waals surface area contributed by atoms with Crippen LogP contribution in [-0.2, 0) is 0 Å². The monoisotopic (exact) mass is 685 g/mol. The van der Waals surface area contributed by atoms with Crippen molar-refractivity contribution in [3.8, 4) is 33.4 Å². The lowest BCUT2D eigenvalue weighted by molar-refractivity contribution is 1.29. The van der Waals surface area contributed by atoms with Gasteiger partial charge in [-0.25, -0.2) is 0 Å². The van der Waals surface area contributed by atoms with Crippen LogP contribution in [0.4, 0.5) is 17.1 Å². The van der Waals surface area contributed by atoms with Crippen LogP contribution >= 0.6 is 11.3 Å². The molecular formula is C48H35NSSi. The van der Waals surface area contributed by atoms with Gasteiger partial charge in [-0.1, -0.05) is 140 Å². The average Bonchev–Trinajstić information content (AvgIpc) is 3.67. The van der Waals surface area contributed by atoms with Crippen molar-refractivity contribution >= 4 is 77.8 Å². The van der Waals surface area contributed by atoms with Gasteiger partial charge in [0, 0.05) is 37.1 Å². The second-order valence-corrected chi connectivity index (χ2v) is 19.6. The number of para-hydroxylation sites is 1. The maximum Gasteiger partial charge on any atom is 0.113 e. The van der Waals surface area contributed by atoms with E-state index in [0.29, 0.717) is 0 Å². The largest absolute Gasteiger partial charge is 0.310 e. The van der Waals surface area contributed by atoms with Crippen LogP contribution in [0.3, 0.4) is 0 Å². The molecule has 10 rings (SSSR count). The highest BCUT2D eigenvalue weighted by Crippen LogP contribution is 2.45. The van der Waals surface area contributed by atoms with E-state index in [1.54, 1.807) is 5.19 Å². The number of benzene rings is 8. The van der Waals surface area contributed by atoms with Crippen molar-refractivity contribution in [1.82, 2.24) is 0 Å². The molecule has 3 heteroatoms. The van der Waals surface area contributed by atoms with Crippen molar-refractivity contribution < 1.29 is 0 Å². The molecule has 1 aliphatic heterocycles. The van der Waals surface area contributed by atoms with Gasteiger partial charge >= 0.3 is 0 Å². The molecule has 0 fully saturated rings. The maximum atomic E-state index is 2.53. The molecule has 0 bridgehead atoms. The quantitative estimate of drug-likeness (QED) is 0.163. The Kier molecular flexibility index (Phi) is 6.89. The SMILES string of the molecule is C[Si]1(C)c2cc(N(c3cccc(-c4ccc5ccccc5c4)c3)c3ccccc3-c3ccccc3)ccc2-c2c1ccc1sc3ccccc3c21. The third kappa shape index (κ3) is 4.80. The summed E-state index contributed by atoms with van der Waals surface area (Å²) in [6.45, 7) is 5.06. The molecule has 0 aliphatic carbocycles. The minimum absolute atomic E-state index is 1.14. The van der Waals surface area contributed by atoms with Gasteiger partial charge in [0.1, 0.15) is 8.07 Å². The number of thiophene rings is 1. The summed E-state index contributed by atoms with van der Waals surface area (Å²) in [6, 6.07) is 65.1. The van der Waals surface area contributed by atoms with Crippen LogP contribution < -0.4 is 15.3 Å². The fraction of sp³-hybridized carbons (Fsp3) is 0.0417.